The average molecular weight is 172 g/mol. The van der Waals surface area contributed by atoms with Gasteiger partial charge in [0.25, 0.3) is 0 Å². The Balaban J connectivity index is 2.34. The molecule has 1 aliphatic heterocycles. The zero-order chi connectivity index (χ0) is 8.27. The van der Waals surface area contributed by atoms with Gasteiger partial charge in [-0.2, -0.15) is 0 Å². The molecule has 0 amide bonds. The maximum atomic E-state index is 11.0. The van der Waals surface area contributed by atoms with Gasteiger partial charge in [-0.25, -0.2) is 0 Å². The third-order valence-corrected chi connectivity index (χ3v) is 2.12. The third-order valence-electron chi connectivity index (χ3n) is 1.87. The quantitative estimate of drug-likeness (QED) is 0.481. The van der Waals surface area contributed by atoms with Crippen LogP contribution in [0.15, 0.2) is 0 Å². The second-order valence-electron chi connectivity index (χ2n) is 2.84. The highest BCUT2D eigenvalue weighted by Crippen LogP contribution is 2.22. The first-order valence-corrected chi connectivity index (χ1v) is 4.39. The molecule has 0 bridgehead atoms. The topological polar surface area (TPSA) is 26.3 Å². The predicted octanol–water partition coefficient (Wildman–Crippen LogP) is 2.07. The summed E-state index contributed by atoms with van der Waals surface area (Å²) in [7, 11) is 0. The molecule has 0 aliphatic carbocycles. The molecule has 0 aromatic heterocycles. The van der Waals surface area contributed by atoms with Crippen molar-refractivity contribution in [3.05, 3.63) is 0 Å². The monoisotopic (exact) mass is 172 g/mol. The summed E-state index contributed by atoms with van der Waals surface area (Å²) in [5.41, 5.74) is 0. The fraction of sp³-hybridized carbons (Fsp3) is 0.750. The molecule has 0 aromatic carbocycles. The molecule has 11 heavy (non-hydrogen) atoms. The van der Waals surface area contributed by atoms with Gasteiger partial charge in [-0.05, 0) is 18.6 Å². The van der Waals surface area contributed by atoms with Crippen LogP contribution in [0.1, 0.15) is 32.6 Å². The number of hydrogen-bond donors (Lipinski definition) is 0. The molecule has 0 saturated carbocycles. The van der Waals surface area contributed by atoms with Gasteiger partial charge in [-0.1, -0.05) is 19.8 Å². The number of esters is 1. The summed E-state index contributed by atoms with van der Waals surface area (Å²) < 4.78 is 4.76. The summed E-state index contributed by atoms with van der Waals surface area (Å²) in [4.78, 5) is 11.0. The van der Waals surface area contributed by atoms with Crippen molar-refractivity contribution < 1.29 is 9.53 Å². The Labute approximate surface area is 71.9 Å². The van der Waals surface area contributed by atoms with E-state index in [1.807, 2.05) is 0 Å². The Morgan fingerprint density at radius 3 is 2.91 bits per heavy atom. The maximum Gasteiger partial charge on any atom is 0.315 e. The van der Waals surface area contributed by atoms with Crippen molar-refractivity contribution in [3.8, 4) is 0 Å². The van der Waals surface area contributed by atoms with Crippen LogP contribution >= 0.6 is 12.2 Å². The Bertz CT molecular complexity index is 177. The van der Waals surface area contributed by atoms with Crippen LogP contribution in [-0.2, 0) is 9.53 Å². The highest BCUT2D eigenvalue weighted by atomic mass is 32.1. The number of hydrogen-bond acceptors (Lipinski definition) is 3. The highest BCUT2D eigenvalue weighted by Gasteiger charge is 2.29. The van der Waals surface area contributed by atoms with Gasteiger partial charge in [-0.3, -0.25) is 4.79 Å². The first-order valence-electron chi connectivity index (χ1n) is 3.98. The second-order valence-corrected chi connectivity index (χ2v) is 3.29. The van der Waals surface area contributed by atoms with Gasteiger partial charge < -0.3 is 4.74 Å². The minimum Gasteiger partial charge on any atom is -0.419 e. The molecule has 1 aliphatic rings. The minimum absolute atomic E-state index is 0.0578. The molecule has 3 heteroatoms. The standard InChI is InChI=1S/C8H12O2S/c1-2-3-4-6-5-7(11)10-8(6)9/h6H,2-5H2,1H3. The van der Waals surface area contributed by atoms with Crippen LogP contribution in [0.5, 0.6) is 0 Å². The van der Waals surface area contributed by atoms with Crippen LogP contribution in [-0.4, -0.2) is 11.0 Å². The molecule has 0 spiro atoms. The van der Waals surface area contributed by atoms with E-state index in [0.29, 0.717) is 11.5 Å². The number of ether oxygens (including phenoxy) is 1. The van der Waals surface area contributed by atoms with E-state index in [2.05, 4.69) is 6.92 Å². The van der Waals surface area contributed by atoms with Crippen molar-refractivity contribution in [1.82, 2.24) is 0 Å². The Kier molecular flexibility index (Phi) is 3.00. The Morgan fingerprint density at radius 2 is 2.45 bits per heavy atom. The first-order chi connectivity index (χ1) is 5.24. The van der Waals surface area contributed by atoms with Crippen molar-refractivity contribution in [3.63, 3.8) is 0 Å². The van der Waals surface area contributed by atoms with E-state index in [9.17, 15) is 4.79 Å². The average Bonchev–Trinajstić information content (AvgIpc) is 2.26. The molecule has 62 valence electrons. The third kappa shape index (κ3) is 2.26. The molecule has 1 rings (SSSR count). The van der Waals surface area contributed by atoms with Gasteiger partial charge in [-0.15, -0.1) is 0 Å². The second kappa shape index (κ2) is 3.81. The molecule has 1 saturated heterocycles. The maximum absolute atomic E-state index is 11.0. The van der Waals surface area contributed by atoms with Crippen molar-refractivity contribution in [2.45, 2.75) is 32.6 Å². The number of carbonyl (C=O) groups is 1. The fourth-order valence-electron chi connectivity index (χ4n) is 1.19. The summed E-state index contributed by atoms with van der Waals surface area (Å²) in [6.07, 6.45) is 3.79. The van der Waals surface area contributed by atoms with E-state index >= 15 is 0 Å². The van der Waals surface area contributed by atoms with E-state index in [0.717, 1.165) is 19.3 Å². The summed E-state index contributed by atoms with van der Waals surface area (Å²) in [5.74, 6) is -0.0640. The molecule has 1 atom stereocenters. The molecule has 1 heterocycles. The SMILES string of the molecule is CCCCC1CC(=S)OC1=O. The molecule has 0 aromatic rings. The zero-order valence-electron chi connectivity index (χ0n) is 6.63. The zero-order valence-corrected chi connectivity index (χ0v) is 7.45. The molecule has 0 N–H and O–H groups in total. The van der Waals surface area contributed by atoms with Gasteiger partial charge in [0, 0.05) is 6.42 Å². The largest absolute Gasteiger partial charge is 0.419 e. The van der Waals surface area contributed by atoms with E-state index in [-0.39, 0.29) is 11.9 Å². The van der Waals surface area contributed by atoms with Gasteiger partial charge in [0.15, 0.2) is 5.05 Å². The number of unbranched alkanes of at least 4 members (excludes halogenated alkanes) is 1. The molecule has 1 fully saturated rings. The van der Waals surface area contributed by atoms with Crippen LogP contribution in [0.4, 0.5) is 0 Å². The van der Waals surface area contributed by atoms with Crippen LogP contribution in [0.25, 0.3) is 0 Å². The molecular formula is C8H12O2S. The van der Waals surface area contributed by atoms with Crippen LogP contribution in [0.2, 0.25) is 0 Å². The van der Waals surface area contributed by atoms with E-state index < -0.39 is 0 Å². The minimum atomic E-state index is -0.122. The van der Waals surface area contributed by atoms with Crippen molar-refractivity contribution in [2.24, 2.45) is 5.92 Å². The lowest BCUT2D eigenvalue weighted by Crippen LogP contribution is -2.06. The summed E-state index contributed by atoms with van der Waals surface area (Å²) in [6.45, 7) is 2.11. The molecular weight excluding hydrogens is 160 g/mol. The van der Waals surface area contributed by atoms with Crippen LogP contribution < -0.4 is 0 Å². The highest BCUT2D eigenvalue weighted by molar-refractivity contribution is 7.80. The lowest BCUT2D eigenvalue weighted by atomic mass is 10.0. The summed E-state index contributed by atoms with van der Waals surface area (Å²) >= 11 is 4.78. The van der Waals surface area contributed by atoms with Crippen molar-refractivity contribution >= 4 is 23.2 Å². The predicted molar refractivity (Wildman–Crippen MR) is 46.3 cm³/mol. The first kappa shape index (κ1) is 8.65. The van der Waals surface area contributed by atoms with Gasteiger partial charge in [0.1, 0.15) is 0 Å². The smallest absolute Gasteiger partial charge is 0.315 e. The summed E-state index contributed by atoms with van der Waals surface area (Å²) in [5, 5.41) is 0.469. The molecule has 1 unspecified atom stereocenters. The van der Waals surface area contributed by atoms with Gasteiger partial charge in [0.05, 0.1) is 5.92 Å². The number of rotatable bonds is 3. The van der Waals surface area contributed by atoms with E-state index in [1.54, 1.807) is 0 Å². The lowest BCUT2D eigenvalue weighted by molar-refractivity contribution is -0.136. The number of carbonyl (C=O) groups excluding carboxylic acids is 1. The summed E-state index contributed by atoms with van der Waals surface area (Å²) in [6, 6.07) is 0. The van der Waals surface area contributed by atoms with Crippen LogP contribution in [0.3, 0.4) is 0 Å². The Morgan fingerprint density at radius 1 is 1.73 bits per heavy atom. The van der Waals surface area contributed by atoms with Gasteiger partial charge in [0.2, 0.25) is 0 Å². The lowest BCUT2D eigenvalue weighted by Gasteiger charge is -2.00. The molecule has 0 radical (unpaired) electrons. The normalized spacial score (nSPS) is 23.9. The number of thiocarbonyl (C=S) groups is 1. The number of cyclic esters (lactones) is 1. The molecule has 2 nitrogen and oxygen atoms in total. The Hall–Kier alpha value is -0.440. The van der Waals surface area contributed by atoms with E-state index in [4.69, 9.17) is 17.0 Å². The van der Waals surface area contributed by atoms with Gasteiger partial charge >= 0.3 is 5.97 Å². The fourth-order valence-corrected chi connectivity index (χ4v) is 1.48. The van der Waals surface area contributed by atoms with Crippen molar-refractivity contribution in [2.75, 3.05) is 0 Å². The van der Waals surface area contributed by atoms with Crippen molar-refractivity contribution in [1.29, 1.82) is 0 Å². The van der Waals surface area contributed by atoms with E-state index in [1.165, 1.54) is 0 Å². The van der Waals surface area contributed by atoms with Crippen LogP contribution in [0, 0.1) is 5.92 Å².